The van der Waals surface area contributed by atoms with Gasteiger partial charge in [0.05, 0.1) is 17.2 Å². The van der Waals surface area contributed by atoms with Gasteiger partial charge in [0.15, 0.2) is 0 Å². The number of hydrogen-bond acceptors (Lipinski definition) is 6. The zero-order valence-corrected chi connectivity index (χ0v) is 29.9. The lowest BCUT2D eigenvalue weighted by Gasteiger charge is -2.34. The predicted molar refractivity (Wildman–Crippen MR) is 194 cm³/mol. The molecule has 8 nitrogen and oxygen atoms in total. The molecule has 0 spiro atoms. The van der Waals surface area contributed by atoms with Gasteiger partial charge in [-0.15, -0.1) is 11.8 Å². The van der Waals surface area contributed by atoms with E-state index >= 15 is 0 Å². The molecule has 0 fully saturated rings. The monoisotopic (exact) mass is 707 g/mol. The van der Waals surface area contributed by atoms with Gasteiger partial charge in [0, 0.05) is 29.4 Å². The number of amides is 2. The Morgan fingerprint density at radius 2 is 1.58 bits per heavy atom. The van der Waals surface area contributed by atoms with E-state index < -0.39 is 28.5 Å². The van der Waals surface area contributed by atoms with Crippen LogP contribution in [0.1, 0.15) is 37.8 Å². The Hall–Kier alpha value is -3.99. The minimum Gasteiger partial charge on any atom is -0.494 e. The van der Waals surface area contributed by atoms with Crippen molar-refractivity contribution in [1.29, 1.82) is 0 Å². The molecule has 0 saturated heterocycles. The fourth-order valence-corrected chi connectivity index (χ4v) is 7.21. The van der Waals surface area contributed by atoms with E-state index in [1.165, 1.54) is 28.8 Å². The number of nitrogens with one attached hydrogen (secondary N) is 1. The van der Waals surface area contributed by atoms with Gasteiger partial charge in [0.1, 0.15) is 18.3 Å². The third-order valence-electron chi connectivity index (χ3n) is 7.70. The molecule has 4 aromatic rings. The third-order valence-corrected chi connectivity index (χ3v) is 10.5. The SMILES string of the molecule is CCCCNC(=O)C(Cc1ccccc1)N(Cc1cccc(Cl)c1)C(=O)CN(c1ccc(OCC)cc1)S(=O)(=O)c1ccc(SC)cc1. The maximum atomic E-state index is 14.6. The van der Waals surface area contributed by atoms with Gasteiger partial charge < -0.3 is 15.0 Å². The second-order valence-electron chi connectivity index (χ2n) is 11.1. The maximum Gasteiger partial charge on any atom is 0.264 e. The number of sulfonamides is 1. The van der Waals surface area contributed by atoms with Crippen molar-refractivity contribution in [3.63, 3.8) is 0 Å². The molecule has 11 heteroatoms. The van der Waals surface area contributed by atoms with Crippen LogP contribution in [0.25, 0.3) is 0 Å². The summed E-state index contributed by atoms with van der Waals surface area (Å²) in [6, 6.07) is 28.7. The van der Waals surface area contributed by atoms with Crippen molar-refractivity contribution in [3.8, 4) is 5.75 Å². The minimum absolute atomic E-state index is 0.0394. The van der Waals surface area contributed by atoms with Crippen LogP contribution in [0.15, 0.2) is 113 Å². The molecule has 0 aliphatic heterocycles. The van der Waals surface area contributed by atoms with Gasteiger partial charge >= 0.3 is 0 Å². The number of anilines is 1. The molecular weight excluding hydrogens is 666 g/mol. The lowest BCUT2D eigenvalue weighted by atomic mass is 10.0. The molecule has 0 saturated carbocycles. The van der Waals surface area contributed by atoms with E-state index in [1.54, 1.807) is 54.6 Å². The summed E-state index contributed by atoms with van der Waals surface area (Å²) in [5, 5.41) is 3.49. The predicted octanol–water partition coefficient (Wildman–Crippen LogP) is 7.21. The van der Waals surface area contributed by atoms with Crippen molar-refractivity contribution in [2.75, 3.05) is 30.3 Å². The van der Waals surface area contributed by atoms with E-state index in [-0.39, 0.29) is 29.5 Å². The summed E-state index contributed by atoms with van der Waals surface area (Å²) in [7, 11) is -4.22. The molecule has 0 aromatic heterocycles. The number of thioether (sulfide) groups is 1. The summed E-state index contributed by atoms with van der Waals surface area (Å²) in [5.41, 5.74) is 1.86. The molecule has 1 N–H and O–H groups in total. The van der Waals surface area contributed by atoms with E-state index in [2.05, 4.69) is 5.32 Å². The van der Waals surface area contributed by atoms with Crippen molar-refractivity contribution in [2.24, 2.45) is 0 Å². The van der Waals surface area contributed by atoms with Crippen molar-refractivity contribution >= 4 is 50.9 Å². The second-order valence-corrected chi connectivity index (χ2v) is 14.3. The Morgan fingerprint density at radius 1 is 0.896 bits per heavy atom. The van der Waals surface area contributed by atoms with Crippen molar-refractivity contribution in [2.45, 2.75) is 55.5 Å². The summed E-state index contributed by atoms with van der Waals surface area (Å²) in [6.45, 7) is 4.29. The molecular formula is C37H42ClN3O5S2. The highest BCUT2D eigenvalue weighted by Gasteiger charge is 2.34. The molecule has 1 atom stereocenters. The van der Waals surface area contributed by atoms with Crippen LogP contribution in [0.2, 0.25) is 5.02 Å². The number of halogens is 1. The van der Waals surface area contributed by atoms with Crippen LogP contribution in [-0.2, 0) is 32.6 Å². The van der Waals surface area contributed by atoms with Gasteiger partial charge in [-0.3, -0.25) is 13.9 Å². The molecule has 4 aromatic carbocycles. The molecule has 0 heterocycles. The number of carbonyl (C=O) groups excluding carboxylic acids is 2. The highest BCUT2D eigenvalue weighted by Crippen LogP contribution is 2.28. The lowest BCUT2D eigenvalue weighted by Crippen LogP contribution is -2.53. The fraction of sp³-hybridized carbons (Fsp3) is 0.297. The van der Waals surface area contributed by atoms with E-state index in [0.717, 1.165) is 27.6 Å². The molecule has 0 aliphatic rings. The number of nitrogens with zero attached hydrogens (tertiary/aromatic N) is 2. The molecule has 1 unspecified atom stereocenters. The summed E-state index contributed by atoms with van der Waals surface area (Å²) >= 11 is 7.83. The lowest BCUT2D eigenvalue weighted by molar-refractivity contribution is -0.140. The van der Waals surface area contributed by atoms with E-state index in [9.17, 15) is 18.0 Å². The van der Waals surface area contributed by atoms with Gasteiger partial charge in [-0.05, 0) is 91.4 Å². The Kier molecular flexibility index (Phi) is 13.8. The van der Waals surface area contributed by atoms with Gasteiger partial charge in [-0.1, -0.05) is 67.4 Å². The third kappa shape index (κ3) is 10.0. The molecule has 4 rings (SSSR count). The van der Waals surface area contributed by atoms with Crippen molar-refractivity contribution in [3.05, 3.63) is 119 Å². The summed E-state index contributed by atoms with van der Waals surface area (Å²) in [5.74, 6) is -0.283. The summed E-state index contributed by atoms with van der Waals surface area (Å²) in [6.07, 6.45) is 3.82. The van der Waals surface area contributed by atoms with Crippen LogP contribution in [0.4, 0.5) is 5.69 Å². The zero-order chi connectivity index (χ0) is 34.5. The first-order valence-electron chi connectivity index (χ1n) is 15.9. The topological polar surface area (TPSA) is 96.0 Å². The molecule has 2 amide bonds. The first-order valence-corrected chi connectivity index (χ1v) is 19.0. The maximum absolute atomic E-state index is 14.6. The van der Waals surface area contributed by atoms with Crippen molar-refractivity contribution in [1.82, 2.24) is 10.2 Å². The van der Waals surface area contributed by atoms with Gasteiger partial charge in [0.25, 0.3) is 10.0 Å². The Labute approximate surface area is 293 Å². The van der Waals surface area contributed by atoms with Gasteiger partial charge in [0.2, 0.25) is 11.8 Å². The minimum atomic E-state index is -4.22. The quantitative estimate of drug-likeness (QED) is 0.0921. The van der Waals surface area contributed by atoms with E-state index in [0.29, 0.717) is 29.5 Å². The molecule has 254 valence electrons. The molecule has 48 heavy (non-hydrogen) atoms. The summed E-state index contributed by atoms with van der Waals surface area (Å²) < 4.78 is 35.3. The first-order chi connectivity index (χ1) is 23.2. The Bertz CT molecular complexity index is 1740. The van der Waals surface area contributed by atoms with Crippen LogP contribution in [-0.4, -0.2) is 57.1 Å². The Balaban J connectivity index is 1.79. The number of benzene rings is 4. The van der Waals surface area contributed by atoms with E-state index in [4.69, 9.17) is 16.3 Å². The van der Waals surface area contributed by atoms with Crippen LogP contribution in [0.5, 0.6) is 5.75 Å². The smallest absolute Gasteiger partial charge is 0.264 e. The number of hydrogen-bond donors (Lipinski definition) is 1. The van der Waals surface area contributed by atoms with Crippen LogP contribution >= 0.6 is 23.4 Å². The van der Waals surface area contributed by atoms with Crippen LogP contribution < -0.4 is 14.4 Å². The Morgan fingerprint density at radius 3 is 2.21 bits per heavy atom. The van der Waals surface area contributed by atoms with E-state index in [1.807, 2.05) is 56.5 Å². The molecule has 0 aliphatic carbocycles. The highest BCUT2D eigenvalue weighted by atomic mass is 35.5. The normalized spacial score (nSPS) is 11.8. The van der Waals surface area contributed by atoms with Crippen LogP contribution in [0.3, 0.4) is 0 Å². The molecule has 0 bridgehead atoms. The fourth-order valence-electron chi connectivity index (χ4n) is 5.17. The number of ether oxygens (including phenoxy) is 1. The zero-order valence-electron chi connectivity index (χ0n) is 27.5. The van der Waals surface area contributed by atoms with Crippen molar-refractivity contribution < 1.29 is 22.7 Å². The molecule has 0 radical (unpaired) electrons. The highest BCUT2D eigenvalue weighted by molar-refractivity contribution is 7.98. The average molecular weight is 708 g/mol. The standard InChI is InChI=1S/C37H42ClN3O5S2/c1-4-6-23-39-37(43)35(25-28-11-8-7-9-12-28)40(26-29-13-10-14-30(38)24-29)36(42)27-41(31-15-17-32(18-16-31)46-5-2)48(44,45)34-21-19-33(47-3)20-22-34/h7-22,24,35H,4-6,23,25-27H2,1-3H3,(H,39,43). The van der Waals surface area contributed by atoms with Crippen LogP contribution in [0, 0.1) is 0 Å². The largest absolute Gasteiger partial charge is 0.494 e. The second kappa shape index (κ2) is 18.0. The number of unbranched alkanes of at least 4 members (excludes halogenated alkanes) is 1. The first kappa shape index (κ1) is 36.8. The number of carbonyl (C=O) groups is 2. The van der Waals surface area contributed by atoms with Gasteiger partial charge in [-0.2, -0.15) is 0 Å². The van der Waals surface area contributed by atoms with Gasteiger partial charge in [-0.25, -0.2) is 8.42 Å². The number of rotatable bonds is 17. The average Bonchev–Trinajstić information content (AvgIpc) is 3.09. The summed E-state index contributed by atoms with van der Waals surface area (Å²) in [4.78, 5) is 30.9.